The van der Waals surface area contributed by atoms with E-state index in [-0.39, 0.29) is 30.2 Å². The largest absolute Gasteiger partial charge is 0.375 e. The van der Waals surface area contributed by atoms with Gasteiger partial charge in [0.2, 0.25) is 0 Å². The molecule has 0 aromatic heterocycles. The van der Waals surface area contributed by atoms with Gasteiger partial charge in [-0.3, -0.25) is 0 Å². The maximum Gasteiger partial charge on any atom is 0.123 e. The molecule has 0 amide bonds. The number of rotatable bonds is 6. The fraction of sp³-hybridized carbons (Fsp3) is 0.647. The molecule has 21 heavy (non-hydrogen) atoms. The average Bonchev–Trinajstić information content (AvgIpc) is 2.42. The van der Waals surface area contributed by atoms with Gasteiger partial charge in [-0.05, 0) is 50.9 Å². The van der Waals surface area contributed by atoms with Crippen molar-refractivity contribution in [2.24, 2.45) is 0 Å². The fourth-order valence-corrected chi connectivity index (χ4v) is 2.91. The molecule has 0 radical (unpaired) electrons. The highest BCUT2D eigenvalue weighted by atomic mass is 19.1. The maximum atomic E-state index is 13.5. The molecule has 1 saturated heterocycles. The molecule has 1 aliphatic rings. The number of halogens is 1. The van der Waals surface area contributed by atoms with E-state index in [1.807, 2.05) is 6.07 Å². The lowest BCUT2D eigenvalue weighted by Crippen LogP contribution is -2.36. The van der Waals surface area contributed by atoms with Crippen LogP contribution in [-0.4, -0.2) is 31.4 Å². The van der Waals surface area contributed by atoms with E-state index in [1.165, 1.54) is 6.07 Å². The van der Waals surface area contributed by atoms with Crippen LogP contribution in [-0.2, 0) is 9.47 Å². The number of likely N-dealkylation sites (N-methyl/N-ethyl adjacent to an activating group) is 1. The topological polar surface area (TPSA) is 30.5 Å². The molecule has 4 heteroatoms. The molecule has 1 aliphatic heterocycles. The molecule has 0 bridgehead atoms. The Morgan fingerprint density at radius 2 is 2.05 bits per heavy atom. The molecule has 1 N–H and O–H groups in total. The van der Waals surface area contributed by atoms with E-state index in [0.29, 0.717) is 6.54 Å². The first-order valence-corrected chi connectivity index (χ1v) is 7.85. The summed E-state index contributed by atoms with van der Waals surface area (Å²) in [6.07, 6.45) is 2.25. The molecule has 1 heterocycles. The van der Waals surface area contributed by atoms with Crippen molar-refractivity contribution < 1.29 is 13.9 Å². The molecule has 1 fully saturated rings. The Hall–Kier alpha value is -0.970. The minimum Gasteiger partial charge on any atom is -0.375 e. The van der Waals surface area contributed by atoms with Crippen molar-refractivity contribution in [3.63, 3.8) is 0 Å². The third-order valence-electron chi connectivity index (χ3n) is 3.81. The summed E-state index contributed by atoms with van der Waals surface area (Å²) in [5, 5.41) is 3.30. The van der Waals surface area contributed by atoms with E-state index in [1.54, 1.807) is 12.1 Å². The first-order chi connectivity index (χ1) is 10.1. The quantitative estimate of drug-likeness (QED) is 0.872. The molecular weight excluding hydrogens is 269 g/mol. The van der Waals surface area contributed by atoms with Crippen molar-refractivity contribution in [1.82, 2.24) is 5.32 Å². The van der Waals surface area contributed by atoms with Gasteiger partial charge >= 0.3 is 0 Å². The fourth-order valence-electron chi connectivity index (χ4n) is 2.91. The zero-order chi connectivity index (χ0) is 15.2. The van der Waals surface area contributed by atoms with E-state index in [0.717, 1.165) is 24.9 Å². The Morgan fingerprint density at radius 3 is 2.67 bits per heavy atom. The van der Waals surface area contributed by atoms with Gasteiger partial charge in [-0.1, -0.05) is 19.1 Å². The summed E-state index contributed by atoms with van der Waals surface area (Å²) >= 11 is 0. The van der Waals surface area contributed by atoms with E-state index < -0.39 is 0 Å². The summed E-state index contributed by atoms with van der Waals surface area (Å²) < 4.78 is 25.5. The van der Waals surface area contributed by atoms with Crippen LogP contribution >= 0.6 is 0 Å². The zero-order valence-corrected chi connectivity index (χ0v) is 13.1. The SMILES string of the molecule is CCNCC(OC1CC(C)OC(C)C1)c1cccc(F)c1. The highest BCUT2D eigenvalue weighted by molar-refractivity contribution is 5.19. The summed E-state index contributed by atoms with van der Waals surface area (Å²) in [5.74, 6) is -0.216. The van der Waals surface area contributed by atoms with Crippen LogP contribution in [0.2, 0.25) is 0 Å². The monoisotopic (exact) mass is 295 g/mol. The Labute approximate surface area is 126 Å². The van der Waals surface area contributed by atoms with Crippen LogP contribution in [0.4, 0.5) is 4.39 Å². The third-order valence-corrected chi connectivity index (χ3v) is 3.81. The van der Waals surface area contributed by atoms with Crippen LogP contribution < -0.4 is 5.32 Å². The molecule has 3 atom stereocenters. The van der Waals surface area contributed by atoms with Gasteiger partial charge in [-0.2, -0.15) is 0 Å². The van der Waals surface area contributed by atoms with Gasteiger partial charge in [-0.15, -0.1) is 0 Å². The van der Waals surface area contributed by atoms with Gasteiger partial charge < -0.3 is 14.8 Å². The second kappa shape index (κ2) is 7.87. The smallest absolute Gasteiger partial charge is 0.123 e. The van der Waals surface area contributed by atoms with Crippen LogP contribution in [0.3, 0.4) is 0 Å². The predicted molar refractivity (Wildman–Crippen MR) is 81.8 cm³/mol. The standard InChI is InChI=1S/C17H26FNO2/c1-4-19-11-17(14-6-5-7-15(18)10-14)21-16-8-12(2)20-13(3)9-16/h5-7,10,12-13,16-17,19H,4,8-9,11H2,1-3H3. The summed E-state index contributed by atoms with van der Waals surface area (Å²) in [5.41, 5.74) is 0.891. The molecule has 3 unspecified atom stereocenters. The van der Waals surface area contributed by atoms with Gasteiger partial charge in [0.25, 0.3) is 0 Å². The highest BCUT2D eigenvalue weighted by Crippen LogP contribution is 2.27. The maximum absolute atomic E-state index is 13.5. The lowest BCUT2D eigenvalue weighted by molar-refractivity contribution is -0.122. The number of hydrogen-bond acceptors (Lipinski definition) is 3. The molecule has 3 nitrogen and oxygen atoms in total. The molecule has 1 aromatic rings. The molecule has 118 valence electrons. The van der Waals surface area contributed by atoms with Gasteiger partial charge in [0.05, 0.1) is 24.4 Å². The second-order valence-electron chi connectivity index (χ2n) is 5.84. The second-order valence-corrected chi connectivity index (χ2v) is 5.84. The molecule has 1 aromatic carbocycles. The molecule has 0 saturated carbocycles. The van der Waals surface area contributed by atoms with Crippen molar-refractivity contribution in [2.45, 2.75) is 58.0 Å². The number of nitrogens with one attached hydrogen (secondary N) is 1. The number of hydrogen-bond donors (Lipinski definition) is 1. The number of benzene rings is 1. The first-order valence-electron chi connectivity index (χ1n) is 7.85. The Kier molecular flexibility index (Phi) is 6.15. The summed E-state index contributed by atoms with van der Waals surface area (Å²) in [7, 11) is 0. The van der Waals surface area contributed by atoms with E-state index in [2.05, 4.69) is 26.1 Å². The first kappa shape index (κ1) is 16.4. The molecule has 0 aliphatic carbocycles. The van der Waals surface area contributed by atoms with Gasteiger partial charge in [0.15, 0.2) is 0 Å². The minimum absolute atomic E-state index is 0.122. The highest BCUT2D eigenvalue weighted by Gasteiger charge is 2.27. The van der Waals surface area contributed by atoms with Gasteiger partial charge in [-0.25, -0.2) is 4.39 Å². The lowest BCUT2D eigenvalue weighted by Gasteiger charge is -2.34. The van der Waals surface area contributed by atoms with Crippen molar-refractivity contribution in [1.29, 1.82) is 0 Å². The summed E-state index contributed by atoms with van der Waals surface area (Å²) in [4.78, 5) is 0. The Balaban J connectivity index is 2.05. The van der Waals surface area contributed by atoms with Crippen LogP contribution in [0, 0.1) is 5.82 Å². The van der Waals surface area contributed by atoms with E-state index >= 15 is 0 Å². The molecule has 0 spiro atoms. The third kappa shape index (κ3) is 5.06. The van der Waals surface area contributed by atoms with E-state index in [4.69, 9.17) is 9.47 Å². The zero-order valence-electron chi connectivity index (χ0n) is 13.1. The lowest BCUT2D eigenvalue weighted by atomic mass is 10.0. The average molecular weight is 295 g/mol. The van der Waals surface area contributed by atoms with Crippen LogP contribution in [0.1, 0.15) is 45.3 Å². The van der Waals surface area contributed by atoms with Crippen molar-refractivity contribution in [2.75, 3.05) is 13.1 Å². The summed E-state index contributed by atoms with van der Waals surface area (Å²) in [6.45, 7) is 7.78. The van der Waals surface area contributed by atoms with Crippen LogP contribution in [0.25, 0.3) is 0 Å². The van der Waals surface area contributed by atoms with Crippen molar-refractivity contribution >= 4 is 0 Å². The van der Waals surface area contributed by atoms with E-state index in [9.17, 15) is 4.39 Å². The molecular formula is C17H26FNO2. The normalized spacial score (nSPS) is 27.5. The van der Waals surface area contributed by atoms with Crippen molar-refractivity contribution in [3.8, 4) is 0 Å². The van der Waals surface area contributed by atoms with Gasteiger partial charge in [0, 0.05) is 6.54 Å². The number of ether oxygens (including phenoxy) is 2. The van der Waals surface area contributed by atoms with Crippen LogP contribution in [0.5, 0.6) is 0 Å². The van der Waals surface area contributed by atoms with Crippen LogP contribution in [0.15, 0.2) is 24.3 Å². The molecule has 2 rings (SSSR count). The Morgan fingerprint density at radius 1 is 1.33 bits per heavy atom. The Bertz CT molecular complexity index is 431. The van der Waals surface area contributed by atoms with Gasteiger partial charge in [0.1, 0.15) is 5.82 Å². The predicted octanol–water partition coefficient (Wildman–Crippen LogP) is 3.45. The summed E-state index contributed by atoms with van der Waals surface area (Å²) in [6, 6.07) is 6.69. The minimum atomic E-state index is -0.216. The van der Waals surface area contributed by atoms with Crippen molar-refractivity contribution in [3.05, 3.63) is 35.6 Å².